The van der Waals surface area contributed by atoms with Crippen LogP contribution in [0.5, 0.6) is 5.75 Å². The Balaban J connectivity index is 1.51. The van der Waals surface area contributed by atoms with Crippen LogP contribution in [0.2, 0.25) is 0 Å². The van der Waals surface area contributed by atoms with Gasteiger partial charge < -0.3 is 20.3 Å². The summed E-state index contributed by atoms with van der Waals surface area (Å²) in [6.07, 6.45) is 3.20. The van der Waals surface area contributed by atoms with Crippen LogP contribution in [0, 0.1) is 5.92 Å². The van der Waals surface area contributed by atoms with Crippen molar-refractivity contribution in [3.63, 3.8) is 0 Å². The zero-order valence-corrected chi connectivity index (χ0v) is 21.6. The molecule has 0 aliphatic rings. The summed E-state index contributed by atoms with van der Waals surface area (Å²) in [5, 5.41) is 20.9. The van der Waals surface area contributed by atoms with Crippen molar-refractivity contribution in [2.75, 3.05) is 19.8 Å². The van der Waals surface area contributed by atoms with E-state index in [1.54, 1.807) is 18.3 Å². The summed E-state index contributed by atoms with van der Waals surface area (Å²) >= 11 is 0. The van der Waals surface area contributed by atoms with Gasteiger partial charge in [0.25, 0.3) is 0 Å². The minimum Gasteiger partial charge on any atom is -0.491 e. The van der Waals surface area contributed by atoms with Crippen LogP contribution in [0.15, 0.2) is 66.9 Å². The highest BCUT2D eigenvalue weighted by Crippen LogP contribution is 2.23. The average Bonchev–Trinajstić information content (AvgIpc) is 2.97. The number of hydrogen-bond acceptors (Lipinski definition) is 7. The Hall–Kier alpha value is -3.88. The molecule has 8 nitrogen and oxygen atoms in total. The molecule has 1 amide bonds. The Morgan fingerprint density at radius 3 is 2.21 bits per heavy atom. The Morgan fingerprint density at radius 2 is 1.63 bits per heavy atom. The summed E-state index contributed by atoms with van der Waals surface area (Å²) in [6.45, 7) is 1.70. The summed E-state index contributed by atoms with van der Waals surface area (Å²) in [4.78, 5) is 41.9. The van der Waals surface area contributed by atoms with Crippen molar-refractivity contribution < 1.29 is 29.3 Å². The van der Waals surface area contributed by atoms with Gasteiger partial charge in [0, 0.05) is 30.4 Å². The van der Waals surface area contributed by atoms with Crippen LogP contribution in [-0.4, -0.2) is 52.5 Å². The minimum atomic E-state index is -1.01. The molecule has 3 aromatic rings. The number of ketones is 2. The second-order valence-corrected chi connectivity index (χ2v) is 8.90. The van der Waals surface area contributed by atoms with Crippen molar-refractivity contribution in [3.05, 3.63) is 83.7 Å². The fourth-order valence-electron chi connectivity index (χ4n) is 4.00. The number of aryl methyl sites for hydroxylation is 1. The number of aliphatic hydroxyl groups is 2. The Bertz CT molecular complexity index is 1190. The van der Waals surface area contributed by atoms with Crippen LogP contribution in [0.1, 0.15) is 47.8 Å². The van der Waals surface area contributed by atoms with Crippen molar-refractivity contribution in [1.29, 1.82) is 0 Å². The number of nitrogens with one attached hydrogen (secondary N) is 1. The fraction of sp³-hybridized carbons (Fsp3) is 0.333. The quantitative estimate of drug-likeness (QED) is 0.208. The van der Waals surface area contributed by atoms with E-state index in [-0.39, 0.29) is 38.4 Å². The van der Waals surface area contributed by atoms with E-state index < -0.39 is 24.2 Å². The van der Waals surface area contributed by atoms with E-state index in [0.717, 1.165) is 28.8 Å². The molecule has 2 aromatic carbocycles. The van der Waals surface area contributed by atoms with Crippen LogP contribution in [0.4, 0.5) is 0 Å². The number of aromatic nitrogens is 1. The van der Waals surface area contributed by atoms with Crippen molar-refractivity contribution in [3.8, 4) is 16.9 Å². The monoisotopic (exact) mass is 518 g/mol. The van der Waals surface area contributed by atoms with Crippen LogP contribution >= 0.6 is 0 Å². The minimum absolute atomic E-state index is 0.0468. The van der Waals surface area contributed by atoms with Gasteiger partial charge in [0.1, 0.15) is 19.0 Å². The molecule has 0 aliphatic heterocycles. The highest BCUT2D eigenvalue weighted by atomic mass is 16.5. The van der Waals surface area contributed by atoms with E-state index in [4.69, 9.17) is 9.84 Å². The third-order valence-corrected chi connectivity index (χ3v) is 6.23. The fourth-order valence-corrected chi connectivity index (χ4v) is 4.00. The molecule has 0 aliphatic carbocycles. The van der Waals surface area contributed by atoms with Crippen molar-refractivity contribution >= 4 is 17.5 Å². The molecule has 0 fully saturated rings. The maximum atomic E-state index is 12.7. The number of carbonyl (C=O) groups is 3. The number of carbonyl (C=O) groups excluding carboxylic acids is 3. The van der Waals surface area contributed by atoms with Crippen LogP contribution in [-0.2, 0) is 22.6 Å². The van der Waals surface area contributed by atoms with E-state index >= 15 is 0 Å². The number of nitrogens with zero attached hydrogens (tertiary/aromatic N) is 1. The molecule has 3 rings (SSSR count). The average molecular weight is 519 g/mol. The van der Waals surface area contributed by atoms with Gasteiger partial charge in [0.2, 0.25) is 5.91 Å². The molecule has 0 bridgehead atoms. The molecule has 0 saturated carbocycles. The van der Waals surface area contributed by atoms with E-state index in [2.05, 4.69) is 10.3 Å². The lowest BCUT2D eigenvalue weighted by atomic mass is 9.94. The molecule has 8 heteroatoms. The number of hydrogen-bond donors (Lipinski definition) is 3. The first kappa shape index (κ1) is 28.7. The summed E-state index contributed by atoms with van der Waals surface area (Å²) in [5.41, 5.74) is 4.23. The number of rotatable bonds is 15. The zero-order chi connectivity index (χ0) is 27.3. The van der Waals surface area contributed by atoms with Gasteiger partial charge in [-0.1, -0.05) is 49.4 Å². The van der Waals surface area contributed by atoms with Gasteiger partial charge in [-0.25, -0.2) is 0 Å². The smallest absolute Gasteiger partial charge is 0.230 e. The van der Waals surface area contributed by atoms with E-state index in [9.17, 15) is 19.5 Å². The van der Waals surface area contributed by atoms with Gasteiger partial charge in [0.15, 0.2) is 11.6 Å². The van der Waals surface area contributed by atoms with Crippen molar-refractivity contribution in [1.82, 2.24) is 10.3 Å². The molecule has 38 heavy (non-hydrogen) atoms. The molecule has 1 heterocycles. The second kappa shape index (κ2) is 14.8. The molecule has 1 atom stereocenters. The molecule has 0 radical (unpaired) electrons. The van der Waals surface area contributed by atoms with Gasteiger partial charge >= 0.3 is 0 Å². The Kier molecular flexibility index (Phi) is 11.1. The normalized spacial score (nSPS) is 11.6. The van der Waals surface area contributed by atoms with Crippen LogP contribution < -0.4 is 10.1 Å². The van der Waals surface area contributed by atoms with E-state index in [1.165, 1.54) is 0 Å². The van der Waals surface area contributed by atoms with E-state index in [0.29, 0.717) is 17.7 Å². The summed E-state index contributed by atoms with van der Waals surface area (Å²) in [6, 6.07) is 18.5. The first-order valence-corrected chi connectivity index (χ1v) is 12.8. The topological polar surface area (TPSA) is 126 Å². The van der Waals surface area contributed by atoms with Crippen LogP contribution in [0.25, 0.3) is 11.1 Å². The number of benzene rings is 2. The predicted octanol–water partition coefficient (Wildman–Crippen LogP) is 3.53. The SMILES string of the molecule is CCc1ccc(CNC(=O)C(CCCC(=O)c2ccc(-c3ccc(OCCO)cc3)cc2)C(=O)CO)cn1. The first-order valence-electron chi connectivity index (χ1n) is 12.8. The highest BCUT2D eigenvalue weighted by molar-refractivity contribution is 6.02. The standard InChI is InChI=1S/C30H34N2O6/c1-2-25-13-6-21(18-31-25)19-32-30(37)27(29(36)20-34)4-3-5-28(35)24-9-7-22(8-10-24)23-11-14-26(15-12-23)38-17-16-33/h6-15,18,27,33-34H,2-5,16-17,19-20H2,1H3,(H,32,37). The Morgan fingerprint density at radius 1 is 0.947 bits per heavy atom. The largest absolute Gasteiger partial charge is 0.491 e. The van der Waals surface area contributed by atoms with Crippen molar-refractivity contribution in [2.24, 2.45) is 5.92 Å². The second-order valence-electron chi connectivity index (χ2n) is 8.90. The number of pyridine rings is 1. The third kappa shape index (κ3) is 8.33. The highest BCUT2D eigenvalue weighted by Gasteiger charge is 2.25. The molecule has 1 unspecified atom stereocenters. The molecule has 3 N–H and O–H groups in total. The number of ether oxygens (including phenoxy) is 1. The molecule has 0 spiro atoms. The zero-order valence-electron chi connectivity index (χ0n) is 21.6. The lowest BCUT2D eigenvalue weighted by molar-refractivity contribution is -0.136. The third-order valence-electron chi connectivity index (χ3n) is 6.23. The molecule has 1 aromatic heterocycles. The predicted molar refractivity (Wildman–Crippen MR) is 144 cm³/mol. The summed E-state index contributed by atoms with van der Waals surface area (Å²) in [7, 11) is 0. The van der Waals surface area contributed by atoms with Gasteiger partial charge in [-0.15, -0.1) is 0 Å². The van der Waals surface area contributed by atoms with Crippen molar-refractivity contribution in [2.45, 2.75) is 39.2 Å². The Labute approximate surface area is 222 Å². The summed E-state index contributed by atoms with van der Waals surface area (Å²) < 4.78 is 5.37. The molecule has 200 valence electrons. The number of aliphatic hydroxyl groups excluding tert-OH is 2. The number of Topliss-reactive ketones (excluding diaryl/α,β-unsaturated/α-hetero) is 2. The van der Waals surface area contributed by atoms with Gasteiger partial charge in [-0.2, -0.15) is 0 Å². The molecular weight excluding hydrogens is 484 g/mol. The van der Waals surface area contributed by atoms with E-state index in [1.807, 2.05) is 55.5 Å². The van der Waals surface area contributed by atoms with Gasteiger partial charge in [-0.3, -0.25) is 19.4 Å². The number of amides is 1. The first-order chi connectivity index (χ1) is 18.4. The van der Waals surface area contributed by atoms with Gasteiger partial charge in [-0.05, 0) is 54.2 Å². The lowest BCUT2D eigenvalue weighted by Crippen LogP contribution is -2.36. The molecule has 0 saturated heterocycles. The maximum absolute atomic E-state index is 12.7. The maximum Gasteiger partial charge on any atom is 0.230 e. The summed E-state index contributed by atoms with van der Waals surface area (Å²) in [5.74, 6) is -1.45. The van der Waals surface area contributed by atoms with Gasteiger partial charge in [0.05, 0.1) is 12.5 Å². The molecular formula is C30H34N2O6. The lowest BCUT2D eigenvalue weighted by Gasteiger charge is -2.15. The van der Waals surface area contributed by atoms with Crippen LogP contribution in [0.3, 0.4) is 0 Å².